The topological polar surface area (TPSA) is 31.6 Å². The summed E-state index contributed by atoms with van der Waals surface area (Å²) in [6.45, 7) is 8.34. The molecule has 4 heteroatoms. The second kappa shape index (κ2) is 9.23. The number of para-hydroxylation sites is 2. The van der Waals surface area contributed by atoms with Gasteiger partial charge in [-0.15, -0.1) is 0 Å². The Morgan fingerprint density at radius 2 is 1.07 bits per heavy atom. The van der Waals surface area contributed by atoms with Gasteiger partial charge in [0.2, 0.25) is 0 Å². The lowest BCUT2D eigenvalue weighted by atomic mass is 9.78. The molecule has 0 saturated carbocycles. The second-order valence-electron chi connectivity index (χ2n) is 11.7. The molecule has 196 valence electrons. The Hall–Kier alpha value is -4.12. The minimum atomic E-state index is -0.378. The second-order valence-corrected chi connectivity index (χ2v) is 11.7. The Balaban J connectivity index is 1.19. The molecule has 1 aliphatic heterocycles. The van der Waals surface area contributed by atoms with E-state index >= 15 is 0 Å². The molecule has 2 heterocycles. The lowest BCUT2D eigenvalue weighted by Crippen LogP contribution is -2.41. The molecule has 0 unspecified atom stereocenters. The lowest BCUT2D eigenvalue weighted by Gasteiger charge is -2.32. The van der Waals surface area contributed by atoms with E-state index in [4.69, 9.17) is 13.7 Å². The highest BCUT2D eigenvalue weighted by Crippen LogP contribution is 2.38. The summed E-state index contributed by atoms with van der Waals surface area (Å²) < 4.78 is 18.9. The van der Waals surface area contributed by atoms with Crippen LogP contribution in [-0.2, 0) is 9.31 Å². The molecular weight excluding hydrogens is 491 g/mol. The Labute approximate surface area is 235 Å². The largest absolute Gasteiger partial charge is 0.494 e. The molecule has 7 rings (SSSR count). The monoisotopic (exact) mass is 522 g/mol. The maximum Gasteiger partial charge on any atom is 0.494 e. The van der Waals surface area contributed by atoms with Crippen molar-refractivity contribution in [1.29, 1.82) is 0 Å². The molecule has 0 aliphatic carbocycles. The summed E-state index contributed by atoms with van der Waals surface area (Å²) in [4.78, 5) is 0. The van der Waals surface area contributed by atoms with Gasteiger partial charge in [0.1, 0.15) is 11.2 Å². The zero-order valence-corrected chi connectivity index (χ0v) is 23.3. The lowest BCUT2D eigenvalue weighted by molar-refractivity contribution is 0.00578. The molecule has 40 heavy (non-hydrogen) atoms. The highest BCUT2D eigenvalue weighted by Gasteiger charge is 2.51. The van der Waals surface area contributed by atoms with Gasteiger partial charge in [0.05, 0.1) is 11.2 Å². The number of furan rings is 1. The first-order chi connectivity index (χ1) is 19.3. The molecule has 1 saturated heterocycles. The van der Waals surface area contributed by atoms with Crippen molar-refractivity contribution in [1.82, 2.24) is 0 Å². The van der Waals surface area contributed by atoms with Gasteiger partial charge in [-0.2, -0.15) is 0 Å². The standard InChI is InChI=1S/C36H31BO3/c1-35(2)36(3,4)40-37(39-35)29-13-8-12-28(23-29)27-11-7-10-26(22-27)24-18-20-25(21-19-24)30-15-9-16-32-31-14-5-6-17-33(31)38-34(30)32/h5-23H,1-4H3. The van der Waals surface area contributed by atoms with Crippen LogP contribution in [0, 0.1) is 0 Å². The number of rotatable bonds is 4. The van der Waals surface area contributed by atoms with E-state index in [-0.39, 0.29) is 18.3 Å². The van der Waals surface area contributed by atoms with Crippen LogP contribution in [0.5, 0.6) is 0 Å². The normalized spacial score (nSPS) is 16.1. The predicted molar refractivity (Wildman–Crippen MR) is 166 cm³/mol. The van der Waals surface area contributed by atoms with Crippen molar-refractivity contribution in [3.05, 3.63) is 115 Å². The van der Waals surface area contributed by atoms with Crippen LogP contribution in [-0.4, -0.2) is 18.3 Å². The van der Waals surface area contributed by atoms with Crippen LogP contribution in [0.2, 0.25) is 0 Å². The zero-order chi connectivity index (χ0) is 27.5. The molecule has 0 N–H and O–H groups in total. The van der Waals surface area contributed by atoms with Crippen molar-refractivity contribution < 1.29 is 13.7 Å². The van der Waals surface area contributed by atoms with Crippen LogP contribution in [0.25, 0.3) is 55.3 Å². The van der Waals surface area contributed by atoms with Gasteiger partial charge < -0.3 is 13.7 Å². The number of benzene rings is 5. The van der Waals surface area contributed by atoms with Crippen molar-refractivity contribution in [3.8, 4) is 33.4 Å². The van der Waals surface area contributed by atoms with Gasteiger partial charge in [0.25, 0.3) is 0 Å². The first-order valence-corrected chi connectivity index (χ1v) is 13.9. The van der Waals surface area contributed by atoms with E-state index in [1.54, 1.807) is 0 Å². The van der Waals surface area contributed by atoms with Crippen LogP contribution in [0.1, 0.15) is 27.7 Å². The number of hydrogen-bond donors (Lipinski definition) is 0. The molecule has 1 aromatic heterocycles. The van der Waals surface area contributed by atoms with Crippen LogP contribution >= 0.6 is 0 Å². The third-order valence-corrected chi connectivity index (χ3v) is 8.54. The van der Waals surface area contributed by atoms with Crippen LogP contribution < -0.4 is 5.46 Å². The van der Waals surface area contributed by atoms with E-state index in [9.17, 15) is 0 Å². The van der Waals surface area contributed by atoms with Gasteiger partial charge in [-0.1, -0.05) is 103 Å². The Bertz CT molecular complexity index is 1850. The van der Waals surface area contributed by atoms with E-state index in [1.807, 2.05) is 12.1 Å². The number of hydrogen-bond acceptors (Lipinski definition) is 3. The van der Waals surface area contributed by atoms with E-state index < -0.39 is 0 Å². The van der Waals surface area contributed by atoms with Gasteiger partial charge >= 0.3 is 7.12 Å². The Morgan fingerprint density at radius 1 is 0.500 bits per heavy atom. The molecule has 5 aromatic carbocycles. The summed E-state index contributed by atoms with van der Waals surface area (Å²) in [6.07, 6.45) is 0. The molecule has 0 radical (unpaired) electrons. The van der Waals surface area contributed by atoms with Crippen molar-refractivity contribution in [2.24, 2.45) is 0 Å². The third kappa shape index (κ3) is 4.16. The maximum absolute atomic E-state index is 6.30. The average molecular weight is 522 g/mol. The quantitative estimate of drug-likeness (QED) is 0.217. The molecule has 0 atom stereocenters. The Kier molecular flexibility index (Phi) is 5.74. The molecule has 0 amide bonds. The summed E-state index contributed by atoms with van der Waals surface area (Å²) in [7, 11) is -0.378. The van der Waals surface area contributed by atoms with E-state index in [0.717, 1.165) is 49.7 Å². The highest BCUT2D eigenvalue weighted by atomic mass is 16.7. The minimum absolute atomic E-state index is 0.365. The molecule has 6 aromatic rings. The number of fused-ring (bicyclic) bond motifs is 3. The van der Waals surface area contributed by atoms with Gasteiger partial charge in [0, 0.05) is 16.3 Å². The summed E-state index contributed by atoms with van der Waals surface area (Å²) in [5.41, 5.74) is 9.04. The van der Waals surface area contributed by atoms with E-state index in [0.29, 0.717) is 0 Å². The zero-order valence-electron chi connectivity index (χ0n) is 23.3. The summed E-state index contributed by atoms with van der Waals surface area (Å²) in [5, 5.41) is 2.29. The van der Waals surface area contributed by atoms with Crippen molar-refractivity contribution in [3.63, 3.8) is 0 Å². The van der Waals surface area contributed by atoms with Crippen molar-refractivity contribution in [2.45, 2.75) is 38.9 Å². The fourth-order valence-corrected chi connectivity index (χ4v) is 5.54. The van der Waals surface area contributed by atoms with Crippen molar-refractivity contribution in [2.75, 3.05) is 0 Å². The molecule has 0 bridgehead atoms. The summed E-state index contributed by atoms with van der Waals surface area (Å²) >= 11 is 0. The van der Waals surface area contributed by atoms with Gasteiger partial charge in [-0.3, -0.25) is 0 Å². The molecule has 1 aliphatic rings. The van der Waals surface area contributed by atoms with Crippen LogP contribution in [0.4, 0.5) is 0 Å². The third-order valence-electron chi connectivity index (χ3n) is 8.54. The first kappa shape index (κ1) is 24.9. The molecule has 3 nitrogen and oxygen atoms in total. The van der Waals surface area contributed by atoms with Gasteiger partial charge in [-0.05, 0) is 73.1 Å². The fraction of sp³-hybridized carbons (Fsp3) is 0.167. The van der Waals surface area contributed by atoms with E-state index in [2.05, 4.69) is 131 Å². The Morgan fingerprint density at radius 3 is 1.82 bits per heavy atom. The molecule has 0 spiro atoms. The minimum Gasteiger partial charge on any atom is -0.455 e. The molecule has 1 fully saturated rings. The van der Waals surface area contributed by atoms with Crippen LogP contribution in [0.3, 0.4) is 0 Å². The smallest absolute Gasteiger partial charge is 0.455 e. The van der Waals surface area contributed by atoms with Gasteiger partial charge in [0.15, 0.2) is 0 Å². The average Bonchev–Trinajstić information content (AvgIpc) is 3.46. The summed E-state index contributed by atoms with van der Waals surface area (Å²) in [6, 6.07) is 40.5. The van der Waals surface area contributed by atoms with E-state index in [1.165, 1.54) is 11.1 Å². The molecular formula is C36H31BO3. The maximum atomic E-state index is 6.30. The SMILES string of the molecule is CC1(C)OB(c2cccc(-c3cccc(-c4ccc(-c5cccc6c5oc5ccccc56)cc4)c3)c2)OC1(C)C. The highest BCUT2D eigenvalue weighted by molar-refractivity contribution is 6.62. The first-order valence-electron chi connectivity index (χ1n) is 13.9. The fourth-order valence-electron chi connectivity index (χ4n) is 5.54. The van der Waals surface area contributed by atoms with Crippen LogP contribution in [0.15, 0.2) is 120 Å². The van der Waals surface area contributed by atoms with Crippen molar-refractivity contribution >= 4 is 34.5 Å². The summed E-state index contributed by atoms with van der Waals surface area (Å²) in [5.74, 6) is 0. The van der Waals surface area contributed by atoms with Gasteiger partial charge in [-0.25, -0.2) is 0 Å². The predicted octanol–water partition coefficient (Wildman–Crippen LogP) is 8.89.